The van der Waals surface area contributed by atoms with Gasteiger partial charge in [0.1, 0.15) is 5.82 Å². The predicted molar refractivity (Wildman–Crippen MR) is 66.4 cm³/mol. The van der Waals surface area contributed by atoms with Gasteiger partial charge in [-0.1, -0.05) is 19.3 Å². The lowest BCUT2D eigenvalue weighted by Gasteiger charge is -2.30. The van der Waals surface area contributed by atoms with Crippen LogP contribution >= 0.6 is 0 Å². The second-order valence-electron chi connectivity index (χ2n) is 4.92. The molecule has 1 saturated carbocycles. The minimum atomic E-state index is 0.605. The molecule has 0 aliphatic heterocycles. The minimum absolute atomic E-state index is 0.605. The van der Waals surface area contributed by atoms with Crippen LogP contribution in [0.15, 0.2) is 12.4 Å². The van der Waals surface area contributed by atoms with E-state index in [2.05, 4.69) is 35.0 Å². The van der Waals surface area contributed by atoms with Crippen LogP contribution in [0, 0.1) is 12.8 Å². The van der Waals surface area contributed by atoms with E-state index < -0.39 is 0 Å². The van der Waals surface area contributed by atoms with E-state index in [1.165, 1.54) is 32.1 Å². The summed E-state index contributed by atoms with van der Waals surface area (Å²) in [6.07, 6.45) is 11.0. The number of nitrogens with zero attached hydrogens (tertiary/aromatic N) is 2. The molecule has 0 spiro atoms. The molecule has 3 heteroatoms. The van der Waals surface area contributed by atoms with Gasteiger partial charge in [0.25, 0.3) is 0 Å². The fourth-order valence-electron chi connectivity index (χ4n) is 2.82. The molecule has 1 unspecified atom stereocenters. The lowest BCUT2D eigenvalue weighted by molar-refractivity contribution is 0.256. The first-order valence-corrected chi connectivity index (χ1v) is 6.46. The van der Waals surface area contributed by atoms with Crippen LogP contribution in [-0.2, 0) is 6.54 Å². The maximum Gasteiger partial charge on any atom is 0.105 e. The molecule has 0 amide bonds. The Morgan fingerprint density at radius 3 is 2.75 bits per heavy atom. The molecule has 3 nitrogen and oxygen atoms in total. The average molecular weight is 221 g/mol. The maximum atomic E-state index is 4.28. The summed E-state index contributed by atoms with van der Waals surface area (Å²) >= 11 is 0. The van der Waals surface area contributed by atoms with Crippen LogP contribution in [-0.4, -0.2) is 22.6 Å². The molecular formula is C13H23N3. The van der Waals surface area contributed by atoms with Crippen molar-refractivity contribution in [2.24, 2.45) is 5.92 Å². The standard InChI is InChI=1S/C13H23N3/c1-11-15-8-9-16(11)10-13(14-2)12-6-4-3-5-7-12/h8-9,12-14H,3-7,10H2,1-2H3. The molecule has 1 aromatic heterocycles. The van der Waals surface area contributed by atoms with Crippen molar-refractivity contribution in [3.05, 3.63) is 18.2 Å². The summed E-state index contributed by atoms with van der Waals surface area (Å²) in [6.45, 7) is 3.14. The van der Waals surface area contributed by atoms with Crippen LogP contribution in [0.1, 0.15) is 37.9 Å². The largest absolute Gasteiger partial charge is 0.334 e. The van der Waals surface area contributed by atoms with E-state index in [1.807, 2.05) is 6.20 Å². The lowest BCUT2D eigenvalue weighted by Crippen LogP contribution is -2.38. The summed E-state index contributed by atoms with van der Waals surface area (Å²) < 4.78 is 2.26. The van der Waals surface area contributed by atoms with E-state index in [9.17, 15) is 0 Å². The number of nitrogens with one attached hydrogen (secondary N) is 1. The van der Waals surface area contributed by atoms with Crippen molar-refractivity contribution in [2.75, 3.05) is 7.05 Å². The Bertz CT molecular complexity index is 313. The number of imidazole rings is 1. The van der Waals surface area contributed by atoms with Gasteiger partial charge in [0.05, 0.1) is 0 Å². The van der Waals surface area contributed by atoms with Gasteiger partial charge in [-0.05, 0) is 32.7 Å². The number of hydrogen-bond acceptors (Lipinski definition) is 2. The van der Waals surface area contributed by atoms with Crippen LogP contribution in [0.25, 0.3) is 0 Å². The van der Waals surface area contributed by atoms with Gasteiger partial charge in [-0.2, -0.15) is 0 Å². The first kappa shape index (κ1) is 11.6. The van der Waals surface area contributed by atoms with Crippen molar-refractivity contribution in [2.45, 2.75) is 51.6 Å². The summed E-state index contributed by atoms with van der Waals surface area (Å²) in [4.78, 5) is 4.28. The molecule has 0 saturated heterocycles. The second kappa shape index (κ2) is 5.48. The van der Waals surface area contributed by atoms with Crippen LogP contribution < -0.4 is 5.32 Å². The fourth-order valence-corrected chi connectivity index (χ4v) is 2.82. The molecule has 0 bridgehead atoms. The number of aromatic nitrogens is 2. The smallest absolute Gasteiger partial charge is 0.105 e. The van der Waals surface area contributed by atoms with E-state index in [0.29, 0.717) is 6.04 Å². The molecule has 1 N–H and O–H groups in total. The molecule has 2 rings (SSSR count). The number of aryl methyl sites for hydroxylation is 1. The van der Waals surface area contributed by atoms with Crippen molar-refractivity contribution in [1.82, 2.24) is 14.9 Å². The molecule has 90 valence electrons. The summed E-state index contributed by atoms with van der Waals surface area (Å²) in [6, 6.07) is 0.605. The van der Waals surface area contributed by atoms with Crippen LogP contribution in [0.5, 0.6) is 0 Å². The Kier molecular flexibility index (Phi) is 3.99. The van der Waals surface area contributed by atoms with Crippen LogP contribution in [0.3, 0.4) is 0 Å². The fraction of sp³-hybridized carbons (Fsp3) is 0.769. The molecule has 1 heterocycles. The van der Waals surface area contributed by atoms with E-state index in [4.69, 9.17) is 0 Å². The average Bonchev–Trinajstić information content (AvgIpc) is 2.73. The zero-order valence-corrected chi connectivity index (χ0v) is 10.4. The zero-order valence-electron chi connectivity index (χ0n) is 10.4. The monoisotopic (exact) mass is 221 g/mol. The highest BCUT2D eigenvalue weighted by Crippen LogP contribution is 2.27. The number of likely N-dealkylation sites (N-methyl/N-ethyl adjacent to an activating group) is 1. The maximum absolute atomic E-state index is 4.28. The van der Waals surface area contributed by atoms with Crippen LogP contribution in [0.2, 0.25) is 0 Å². The van der Waals surface area contributed by atoms with Crippen molar-refractivity contribution in [3.63, 3.8) is 0 Å². The van der Waals surface area contributed by atoms with Crippen LogP contribution in [0.4, 0.5) is 0 Å². The molecule has 1 aliphatic rings. The zero-order chi connectivity index (χ0) is 11.4. The minimum Gasteiger partial charge on any atom is -0.334 e. The van der Waals surface area contributed by atoms with E-state index in [0.717, 1.165) is 18.3 Å². The molecule has 1 aliphatic carbocycles. The summed E-state index contributed by atoms with van der Waals surface area (Å²) in [7, 11) is 2.09. The van der Waals surface area contributed by atoms with E-state index >= 15 is 0 Å². The van der Waals surface area contributed by atoms with Gasteiger partial charge in [0.15, 0.2) is 0 Å². The molecule has 1 aromatic rings. The van der Waals surface area contributed by atoms with Gasteiger partial charge in [0, 0.05) is 25.0 Å². The molecule has 1 fully saturated rings. The Morgan fingerprint density at radius 1 is 1.44 bits per heavy atom. The van der Waals surface area contributed by atoms with Gasteiger partial charge in [-0.15, -0.1) is 0 Å². The SMILES string of the molecule is CNC(Cn1ccnc1C)C1CCCCC1. The second-order valence-corrected chi connectivity index (χ2v) is 4.92. The third-order valence-corrected chi connectivity index (χ3v) is 3.91. The number of hydrogen-bond donors (Lipinski definition) is 1. The Balaban J connectivity index is 1.97. The summed E-state index contributed by atoms with van der Waals surface area (Å²) in [5, 5.41) is 3.49. The summed E-state index contributed by atoms with van der Waals surface area (Å²) in [5.41, 5.74) is 0. The Morgan fingerprint density at radius 2 is 2.19 bits per heavy atom. The number of rotatable bonds is 4. The third kappa shape index (κ3) is 2.64. The molecule has 1 atom stereocenters. The highest BCUT2D eigenvalue weighted by atomic mass is 15.1. The summed E-state index contributed by atoms with van der Waals surface area (Å²) in [5.74, 6) is 1.97. The van der Waals surface area contributed by atoms with Crippen molar-refractivity contribution < 1.29 is 0 Å². The molecular weight excluding hydrogens is 198 g/mol. The Hall–Kier alpha value is -0.830. The van der Waals surface area contributed by atoms with Crippen molar-refractivity contribution in [3.8, 4) is 0 Å². The molecule has 0 radical (unpaired) electrons. The highest BCUT2D eigenvalue weighted by Gasteiger charge is 2.22. The molecule has 16 heavy (non-hydrogen) atoms. The van der Waals surface area contributed by atoms with Crippen molar-refractivity contribution >= 4 is 0 Å². The van der Waals surface area contributed by atoms with Crippen molar-refractivity contribution in [1.29, 1.82) is 0 Å². The van der Waals surface area contributed by atoms with Gasteiger partial charge in [-0.3, -0.25) is 0 Å². The Labute approximate surface area is 98.3 Å². The van der Waals surface area contributed by atoms with E-state index in [-0.39, 0.29) is 0 Å². The first-order valence-electron chi connectivity index (χ1n) is 6.46. The quantitative estimate of drug-likeness (QED) is 0.846. The topological polar surface area (TPSA) is 29.9 Å². The molecule has 0 aromatic carbocycles. The highest BCUT2D eigenvalue weighted by molar-refractivity contribution is 4.91. The first-order chi connectivity index (χ1) is 7.81. The normalized spacial score (nSPS) is 19.9. The van der Waals surface area contributed by atoms with Gasteiger partial charge >= 0.3 is 0 Å². The van der Waals surface area contributed by atoms with Gasteiger partial charge in [0.2, 0.25) is 0 Å². The van der Waals surface area contributed by atoms with E-state index in [1.54, 1.807) is 0 Å². The predicted octanol–water partition coefficient (Wildman–Crippen LogP) is 2.36. The lowest BCUT2D eigenvalue weighted by atomic mass is 9.84. The third-order valence-electron chi connectivity index (χ3n) is 3.91. The van der Waals surface area contributed by atoms with Gasteiger partial charge in [-0.25, -0.2) is 4.98 Å². The van der Waals surface area contributed by atoms with Gasteiger partial charge < -0.3 is 9.88 Å².